The van der Waals surface area contributed by atoms with Crippen LogP contribution in [0.5, 0.6) is 0 Å². The highest BCUT2D eigenvalue weighted by molar-refractivity contribution is 6.29. The Balaban J connectivity index is 2.73. The molecule has 1 aromatic rings. The molecular formula is C10H10ClFO2. The number of benzene rings is 1. The third-order valence-electron chi connectivity index (χ3n) is 1.66. The molecule has 1 unspecified atom stereocenters. The lowest BCUT2D eigenvalue weighted by atomic mass is 10.1. The number of hydrogen-bond acceptors (Lipinski definition) is 2. The van der Waals surface area contributed by atoms with Crippen molar-refractivity contribution in [1.82, 2.24) is 0 Å². The Morgan fingerprint density at radius 3 is 2.57 bits per heavy atom. The molecule has 4 heteroatoms. The second kappa shape index (κ2) is 4.96. The maximum Gasteiger partial charge on any atom is 0.328 e. The zero-order valence-corrected chi connectivity index (χ0v) is 8.42. The molecule has 0 spiro atoms. The molecule has 0 N–H and O–H groups in total. The molecule has 0 amide bonds. The van der Waals surface area contributed by atoms with Gasteiger partial charge in [-0.15, -0.1) is 11.6 Å². The SMILES string of the molecule is CCOC(=O)C(Cl)c1ccc(F)cc1. The van der Waals surface area contributed by atoms with Crippen molar-refractivity contribution in [2.24, 2.45) is 0 Å². The van der Waals surface area contributed by atoms with Gasteiger partial charge in [0.2, 0.25) is 0 Å². The van der Waals surface area contributed by atoms with Crippen molar-refractivity contribution < 1.29 is 13.9 Å². The van der Waals surface area contributed by atoms with Crippen molar-refractivity contribution in [2.45, 2.75) is 12.3 Å². The number of carbonyl (C=O) groups excluding carboxylic acids is 1. The number of rotatable bonds is 3. The zero-order valence-electron chi connectivity index (χ0n) is 7.67. The number of hydrogen-bond donors (Lipinski definition) is 0. The van der Waals surface area contributed by atoms with Crippen LogP contribution in [0.1, 0.15) is 17.9 Å². The predicted molar refractivity (Wildman–Crippen MR) is 51.6 cm³/mol. The maximum atomic E-state index is 12.5. The molecule has 0 heterocycles. The molecule has 2 nitrogen and oxygen atoms in total. The monoisotopic (exact) mass is 216 g/mol. The lowest BCUT2D eigenvalue weighted by Crippen LogP contribution is -2.10. The van der Waals surface area contributed by atoms with Gasteiger partial charge in [-0.25, -0.2) is 4.39 Å². The van der Waals surface area contributed by atoms with Gasteiger partial charge in [-0.1, -0.05) is 12.1 Å². The molecule has 1 aromatic carbocycles. The molecule has 0 radical (unpaired) electrons. The number of alkyl halides is 1. The summed E-state index contributed by atoms with van der Waals surface area (Å²) in [7, 11) is 0. The first-order valence-corrected chi connectivity index (χ1v) is 4.65. The van der Waals surface area contributed by atoms with Gasteiger partial charge in [0, 0.05) is 0 Å². The molecule has 0 aliphatic heterocycles. The zero-order chi connectivity index (χ0) is 10.6. The molecule has 76 valence electrons. The highest BCUT2D eigenvalue weighted by atomic mass is 35.5. The van der Waals surface area contributed by atoms with Gasteiger partial charge < -0.3 is 4.74 Å². The van der Waals surface area contributed by atoms with Gasteiger partial charge >= 0.3 is 5.97 Å². The fourth-order valence-electron chi connectivity index (χ4n) is 0.983. The van der Waals surface area contributed by atoms with E-state index in [0.29, 0.717) is 5.56 Å². The summed E-state index contributed by atoms with van der Waals surface area (Å²) in [6.07, 6.45) is 0. The van der Waals surface area contributed by atoms with Crippen LogP contribution in [-0.4, -0.2) is 12.6 Å². The highest BCUT2D eigenvalue weighted by Crippen LogP contribution is 2.21. The van der Waals surface area contributed by atoms with E-state index in [0.717, 1.165) is 0 Å². The van der Waals surface area contributed by atoms with E-state index < -0.39 is 11.3 Å². The van der Waals surface area contributed by atoms with Gasteiger partial charge in [0.25, 0.3) is 0 Å². The quantitative estimate of drug-likeness (QED) is 0.574. The molecule has 0 fully saturated rings. The van der Waals surface area contributed by atoms with E-state index in [2.05, 4.69) is 0 Å². The van der Waals surface area contributed by atoms with Crippen molar-refractivity contribution >= 4 is 17.6 Å². The molecule has 0 aliphatic rings. The molecule has 0 saturated carbocycles. The first-order chi connectivity index (χ1) is 6.65. The number of carbonyl (C=O) groups is 1. The van der Waals surface area contributed by atoms with Crippen LogP contribution < -0.4 is 0 Å². The Hall–Kier alpha value is -1.09. The van der Waals surface area contributed by atoms with E-state index in [9.17, 15) is 9.18 Å². The Kier molecular flexibility index (Phi) is 3.89. The standard InChI is InChI=1S/C10H10ClFO2/c1-2-14-10(13)9(11)7-3-5-8(12)6-4-7/h3-6,9H,2H2,1H3. The molecule has 0 saturated heterocycles. The van der Waals surface area contributed by atoms with Crippen molar-refractivity contribution in [1.29, 1.82) is 0 Å². The second-order valence-corrected chi connectivity index (χ2v) is 3.10. The average Bonchev–Trinajstić information content (AvgIpc) is 2.18. The van der Waals surface area contributed by atoms with Gasteiger partial charge in [0.15, 0.2) is 5.38 Å². The third kappa shape index (κ3) is 2.70. The van der Waals surface area contributed by atoms with Crippen molar-refractivity contribution in [3.05, 3.63) is 35.6 Å². The van der Waals surface area contributed by atoms with Crippen LogP contribution in [0.4, 0.5) is 4.39 Å². The van der Waals surface area contributed by atoms with Gasteiger partial charge in [0.05, 0.1) is 6.61 Å². The van der Waals surface area contributed by atoms with Crippen molar-refractivity contribution in [2.75, 3.05) is 6.61 Å². The van der Waals surface area contributed by atoms with E-state index in [4.69, 9.17) is 16.3 Å². The third-order valence-corrected chi connectivity index (χ3v) is 2.09. The van der Waals surface area contributed by atoms with E-state index in [1.807, 2.05) is 0 Å². The molecule has 0 aliphatic carbocycles. The van der Waals surface area contributed by atoms with Gasteiger partial charge in [-0.05, 0) is 24.6 Å². The van der Waals surface area contributed by atoms with Gasteiger partial charge in [-0.2, -0.15) is 0 Å². The van der Waals surface area contributed by atoms with Crippen LogP contribution in [0.3, 0.4) is 0 Å². The minimum atomic E-state index is -0.865. The highest BCUT2D eigenvalue weighted by Gasteiger charge is 2.18. The Bertz CT molecular complexity index is 310. The van der Waals surface area contributed by atoms with Crippen LogP contribution in [0.25, 0.3) is 0 Å². The minimum absolute atomic E-state index is 0.281. The van der Waals surface area contributed by atoms with Crippen LogP contribution in [-0.2, 0) is 9.53 Å². The molecule has 0 bridgehead atoms. The predicted octanol–water partition coefficient (Wildman–Crippen LogP) is 2.67. The number of halogens is 2. The molecule has 1 rings (SSSR count). The molecular weight excluding hydrogens is 207 g/mol. The van der Waals surface area contributed by atoms with Gasteiger partial charge in [0.1, 0.15) is 5.82 Å². The summed E-state index contributed by atoms with van der Waals surface area (Å²) in [5, 5.41) is -0.865. The Labute approximate surface area is 86.6 Å². The molecule has 14 heavy (non-hydrogen) atoms. The Morgan fingerprint density at radius 2 is 2.07 bits per heavy atom. The van der Waals surface area contributed by atoms with Gasteiger partial charge in [-0.3, -0.25) is 4.79 Å². The summed E-state index contributed by atoms with van der Waals surface area (Å²) >= 11 is 5.79. The lowest BCUT2D eigenvalue weighted by Gasteiger charge is -2.08. The summed E-state index contributed by atoms with van der Waals surface area (Å²) in [5.41, 5.74) is 0.534. The summed E-state index contributed by atoms with van der Waals surface area (Å²) in [6.45, 7) is 1.98. The van der Waals surface area contributed by atoms with Crippen LogP contribution in [0.15, 0.2) is 24.3 Å². The van der Waals surface area contributed by atoms with Crippen molar-refractivity contribution in [3.63, 3.8) is 0 Å². The molecule has 0 aromatic heterocycles. The van der Waals surface area contributed by atoms with Crippen LogP contribution >= 0.6 is 11.6 Å². The summed E-state index contributed by atoms with van der Waals surface area (Å²) in [6, 6.07) is 5.43. The Morgan fingerprint density at radius 1 is 1.50 bits per heavy atom. The molecule has 1 atom stereocenters. The normalized spacial score (nSPS) is 12.2. The fraction of sp³-hybridized carbons (Fsp3) is 0.300. The second-order valence-electron chi connectivity index (χ2n) is 2.67. The van der Waals surface area contributed by atoms with Crippen molar-refractivity contribution in [3.8, 4) is 0 Å². The summed E-state index contributed by atoms with van der Waals surface area (Å²) < 4.78 is 17.3. The first kappa shape index (κ1) is 11.0. The lowest BCUT2D eigenvalue weighted by molar-refractivity contribution is -0.142. The van der Waals surface area contributed by atoms with E-state index in [1.54, 1.807) is 6.92 Å². The first-order valence-electron chi connectivity index (χ1n) is 4.21. The maximum absolute atomic E-state index is 12.5. The largest absolute Gasteiger partial charge is 0.465 e. The van der Waals surface area contributed by atoms with E-state index >= 15 is 0 Å². The minimum Gasteiger partial charge on any atom is -0.465 e. The topological polar surface area (TPSA) is 26.3 Å². The fourth-order valence-corrected chi connectivity index (χ4v) is 1.19. The van der Waals surface area contributed by atoms with E-state index in [-0.39, 0.29) is 12.4 Å². The number of esters is 1. The summed E-state index contributed by atoms with van der Waals surface area (Å²) in [5.74, 6) is -0.873. The number of ether oxygens (including phenoxy) is 1. The summed E-state index contributed by atoms with van der Waals surface area (Å²) in [4.78, 5) is 11.2. The average molecular weight is 217 g/mol. The van der Waals surface area contributed by atoms with E-state index in [1.165, 1.54) is 24.3 Å². The smallest absolute Gasteiger partial charge is 0.328 e. The van der Waals surface area contributed by atoms with Crippen LogP contribution in [0, 0.1) is 5.82 Å². The van der Waals surface area contributed by atoms with Crippen LogP contribution in [0.2, 0.25) is 0 Å².